The summed E-state index contributed by atoms with van der Waals surface area (Å²) in [5.41, 5.74) is 3.01. The molecule has 0 aliphatic carbocycles. The molecule has 200 valence electrons. The lowest BCUT2D eigenvalue weighted by Gasteiger charge is -2.41. The Bertz CT molecular complexity index is 1300. The summed E-state index contributed by atoms with van der Waals surface area (Å²) >= 11 is 3.47. The molecule has 2 atom stereocenters. The second-order valence-corrected chi connectivity index (χ2v) is 9.87. The van der Waals surface area contributed by atoms with E-state index in [9.17, 15) is 9.59 Å². The number of nitrogens with zero attached hydrogens (tertiary/aromatic N) is 1. The van der Waals surface area contributed by atoms with Crippen molar-refractivity contribution in [3.8, 4) is 23.0 Å². The molecule has 3 aromatic carbocycles. The smallest absolute Gasteiger partial charge is 0.229 e. The minimum atomic E-state index is -0.583. The fourth-order valence-corrected chi connectivity index (χ4v) is 5.33. The van der Waals surface area contributed by atoms with Crippen molar-refractivity contribution in [2.24, 2.45) is 5.92 Å². The van der Waals surface area contributed by atoms with Crippen LogP contribution in [0, 0.1) is 12.8 Å². The van der Waals surface area contributed by atoms with Gasteiger partial charge in [0, 0.05) is 28.7 Å². The molecule has 1 aliphatic heterocycles. The van der Waals surface area contributed by atoms with Crippen LogP contribution in [0.1, 0.15) is 30.0 Å². The molecule has 1 aliphatic rings. The largest absolute Gasteiger partial charge is 0.497 e. The molecule has 1 N–H and O–H groups in total. The third-order valence-electron chi connectivity index (χ3n) is 6.77. The van der Waals surface area contributed by atoms with E-state index in [0.29, 0.717) is 35.1 Å². The summed E-state index contributed by atoms with van der Waals surface area (Å²) in [5, 5.41) is 3.09. The number of carbonyl (C=O) groups excluding carboxylic acids is 2. The molecule has 1 heterocycles. The first-order chi connectivity index (χ1) is 18.3. The number of hydrogen-bond acceptors (Lipinski definition) is 6. The summed E-state index contributed by atoms with van der Waals surface area (Å²) in [6, 6.07) is 16.0. The number of carbonyl (C=O) groups is 2. The molecule has 0 saturated carbocycles. The van der Waals surface area contributed by atoms with Gasteiger partial charge in [-0.2, -0.15) is 0 Å². The summed E-state index contributed by atoms with van der Waals surface area (Å²) in [6.45, 7) is 1.94. The highest BCUT2D eigenvalue weighted by Crippen LogP contribution is 2.46. The highest BCUT2D eigenvalue weighted by Gasteiger charge is 2.42. The zero-order valence-corrected chi connectivity index (χ0v) is 23.6. The maximum absolute atomic E-state index is 13.8. The first-order valence-electron chi connectivity index (χ1n) is 12.1. The third-order valence-corrected chi connectivity index (χ3v) is 7.26. The fraction of sp³-hybridized carbons (Fsp3) is 0.310. The van der Waals surface area contributed by atoms with Crippen LogP contribution in [0.15, 0.2) is 59.1 Å². The normalized spacial score (nSPS) is 17.1. The topological polar surface area (TPSA) is 86.3 Å². The molecule has 9 heteroatoms. The zero-order valence-electron chi connectivity index (χ0n) is 22.0. The Labute approximate surface area is 231 Å². The summed E-state index contributed by atoms with van der Waals surface area (Å²) in [4.78, 5) is 29.0. The predicted octanol–water partition coefficient (Wildman–Crippen LogP) is 5.91. The highest BCUT2D eigenvalue weighted by atomic mass is 79.9. The summed E-state index contributed by atoms with van der Waals surface area (Å²) in [7, 11) is 6.17. The van der Waals surface area contributed by atoms with Gasteiger partial charge in [-0.15, -0.1) is 0 Å². The maximum atomic E-state index is 13.8. The summed E-state index contributed by atoms with van der Waals surface area (Å²) in [5.74, 6) is 1.14. The van der Waals surface area contributed by atoms with Crippen molar-refractivity contribution in [2.75, 3.05) is 38.7 Å². The van der Waals surface area contributed by atoms with Gasteiger partial charge in [0.15, 0.2) is 11.5 Å². The number of benzene rings is 3. The standard InChI is InChI=1S/C29H31BrN2O6/c1-17-14-19(30)8-12-23(17)31-29(34)22-11-13-26(33)32(27(22)18-6-9-21(35-2)10-7-18)20-15-24(36-3)28(38-5)25(16-20)37-4/h6-10,12,14-16,22,27H,11,13H2,1-5H3,(H,31,34). The van der Waals surface area contributed by atoms with E-state index in [0.717, 1.165) is 21.3 Å². The van der Waals surface area contributed by atoms with Gasteiger partial charge in [-0.25, -0.2) is 0 Å². The molecule has 0 bridgehead atoms. The van der Waals surface area contributed by atoms with Crippen LogP contribution < -0.4 is 29.2 Å². The van der Waals surface area contributed by atoms with Gasteiger partial charge in [-0.05, 0) is 54.8 Å². The van der Waals surface area contributed by atoms with Crippen LogP contribution in [-0.4, -0.2) is 40.3 Å². The fourth-order valence-electron chi connectivity index (χ4n) is 4.85. The maximum Gasteiger partial charge on any atom is 0.229 e. The lowest BCUT2D eigenvalue weighted by atomic mass is 9.83. The van der Waals surface area contributed by atoms with E-state index in [2.05, 4.69) is 21.2 Å². The van der Waals surface area contributed by atoms with Crippen molar-refractivity contribution in [2.45, 2.75) is 25.8 Å². The highest BCUT2D eigenvalue weighted by molar-refractivity contribution is 9.10. The number of rotatable bonds is 8. The zero-order chi connectivity index (χ0) is 27.4. The summed E-state index contributed by atoms with van der Waals surface area (Å²) < 4.78 is 22.8. The van der Waals surface area contributed by atoms with E-state index in [4.69, 9.17) is 18.9 Å². The molecule has 38 heavy (non-hydrogen) atoms. The van der Waals surface area contributed by atoms with Gasteiger partial charge < -0.3 is 29.2 Å². The summed E-state index contributed by atoms with van der Waals surface area (Å²) in [6.07, 6.45) is 0.610. The molecule has 0 radical (unpaired) electrons. The van der Waals surface area contributed by atoms with Crippen molar-refractivity contribution >= 4 is 39.1 Å². The molecular weight excluding hydrogens is 552 g/mol. The number of piperidine rings is 1. The van der Waals surface area contributed by atoms with Crippen LogP contribution >= 0.6 is 15.9 Å². The Hall–Kier alpha value is -3.72. The lowest BCUT2D eigenvalue weighted by Crippen LogP contribution is -2.47. The van der Waals surface area contributed by atoms with Crippen LogP contribution in [0.5, 0.6) is 23.0 Å². The van der Waals surface area contributed by atoms with Crippen molar-refractivity contribution in [3.63, 3.8) is 0 Å². The number of methoxy groups -OCH3 is 4. The van der Waals surface area contributed by atoms with Gasteiger partial charge in [-0.3, -0.25) is 9.59 Å². The molecule has 4 rings (SSSR count). The quantitative estimate of drug-likeness (QED) is 0.355. The van der Waals surface area contributed by atoms with Gasteiger partial charge in [0.05, 0.1) is 46.1 Å². The average Bonchev–Trinajstić information content (AvgIpc) is 2.93. The molecule has 3 aromatic rings. The first-order valence-corrected chi connectivity index (χ1v) is 12.9. The number of aryl methyl sites for hydroxylation is 1. The number of anilines is 2. The molecule has 1 fully saturated rings. The van der Waals surface area contributed by atoms with E-state index in [1.54, 1.807) is 24.1 Å². The van der Waals surface area contributed by atoms with Gasteiger partial charge in [0.2, 0.25) is 17.6 Å². The van der Waals surface area contributed by atoms with Gasteiger partial charge >= 0.3 is 0 Å². The van der Waals surface area contributed by atoms with E-state index < -0.39 is 12.0 Å². The number of hydrogen-bond donors (Lipinski definition) is 1. The van der Waals surface area contributed by atoms with Crippen molar-refractivity contribution in [1.82, 2.24) is 0 Å². The van der Waals surface area contributed by atoms with E-state index in [-0.39, 0.29) is 18.2 Å². The van der Waals surface area contributed by atoms with Gasteiger partial charge in [0.25, 0.3) is 0 Å². The average molecular weight is 583 g/mol. The minimum absolute atomic E-state index is 0.107. The second-order valence-electron chi connectivity index (χ2n) is 8.96. The molecule has 0 aromatic heterocycles. The Balaban J connectivity index is 1.82. The second kappa shape index (κ2) is 11.8. The number of nitrogens with one attached hydrogen (secondary N) is 1. The Morgan fingerprint density at radius 2 is 1.58 bits per heavy atom. The molecule has 1 saturated heterocycles. The van der Waals surface area contributed by atoms with E-state index in [1.165, 1.54) is 21.3 Å². The third kappa shape index (κ3) is 5.43. The molecule has 2 unspecified atom stereocenters. The van der Waals surface area contributed by atoms with Crippen molar-refractivity contribution in [3.05, 3.63) is 70.2 Å². The van der Waals surface area contributed by atoms with E-state index in [1.807, 2.05) is 49.4 Å². The molecule has 0 spiro atoms. The van der Waals surface area contributed by atoms with Crippen LogP contribution in [0.4, 0.5) is 11.4 Å². The number of ether oxygens (including phenoxy) is 4. The van der Waals surface area contributed by atoms with Crippen LogP contribution in [0.25, 0.3) is 0 Å². The van der Waals surface area contributed by atoms with Crippen LogP contribution in [-0.2, 0) is 9.59 Å². The SMILES string of the molecule is COc1ccc(C2C(C(=O)Nc3ccc(Br)cc3C)CCC(=O)N2c2cc(OC)c(OC)c(OC)c2)cc1. The van der Waals surface area contributed by atoms with Crippen molar-refractivity contribution < 1.29 is 28.5 Å². The van der Waals surface area contributed by atoms with Gasteiger partial charge in [0.1, 0.15) is 5.75 Å². The van der Waals surface area contributed by atoms with Crippen molar-refractivity contribution in [1.29, 1.82) is 0 Å². The minimum Gasteiger partial charge on any atom is -0.497 e. The molecular formula is C29H31BrN2O6. The predicted molar refractivity (Wildman–Crippen MR) is 150 cm³/mol. The number of halogens is 1. The number of amides is 2. The van der Waals surface area contributed by atoms with Crippen LogP contribution in [0.2, 0.25) is 0 Å². The van der Waals surface area contributed by atoms with Gasteiger partial charge in [-0.1, -0.05) is 28.1 Å². The Kier molecular flexibility index (Phi) is 8.46. The molecule has 2 amide bonds. The molecule has 8 nitrogen and oxygen atoms in total. The first kappa shape index (κ1) is 27.3. The van der Waals surface area contributed by atoms with Crippen LogP contribution in [0.3, 0.4) is 0 Å². The Morgan fingerprint density at radius 3 is 2.13 bits per heavy atom. The lowest BCUT2D eigenvalue weighted by molar-refractivity contribution is -0.125. The monoisotopic (exact) mass is 582 g/mol. The Morgan fingerprint density at radius 1 is 0.921 bits per heavy atom. The van der Waals surface area contributed by atoms with E-state index >= 15 is 0 Å².